The van der Waals surface area contributed by atoms with Gasteiger partial charge in [-0.15, -0.1) is 0 Å². The van der Waals surface area contributed by atoms with Gasteiger partial charge in [-0.3, -0.25) is 9.69 Å². The first-order chi connectivity index (χ1) is 9.17. The molecule has 5 nitrogen and oxygen atoms in total. The summed E-state index contributed by atoms with van der Waals surface area (Å²) in [5.74, 6) is -0.271. The van der Waals surface area contributed by atoms with E-state index in [0.717, 1.165) is 39.1 Å². The lowest BCUT2D eigenvalue weighted by Gasteiger charge is -2.42. The van der Waals surface area contributed by atoms with Gasteiger partial charge in [-0.2, -0.15) is 0 Å². The van der Waals surface area contributed by atoms with Crippen LogP contribution in [0, 0.1) is 0 Å². The third-order valence-corrected chi connectivity index (χ3v) is 4.07. The summed E-state index contributed by atoms with van der Waals surface area (Å²) in [7, 11) is 0. The Labute approximate surface area is 123 Å². The second-order valence-corrected chi connectivity index (χ2v) is 6.95. The molecule has 1 aliphatic rings. The molecule has 1 aliphatic heterocycles. The van der Waals surface area contributed by atoms with Gasteiger partial charge in [0.15, 0.2) is 0 Å². The Hall–Kier alpha value is -0.650. The maximum atomic E-state index is 11.7. The third kappa shape index (κ3) is 4.72. The zero-order valence-electron chi connectivity index (χ0n) is 13.7. The third-order valence-electron chi connectivity index (χ3n) is 4.07. The van der Waals surface area contributed by atoms with E-state index < -0.39 is 5.54 Å². The van der Waals surface area contributed by atoms with Gasteiger partial charge in [0.25, 0.3) is 0 Å². The van der Waals surface area contributed by atoms with Crippen LogP contribution in [0.1, 0.15) is 47.5 Å². The first-order valence-corrected chi connectivity index (χ1v) is 7.58. The first kappa shape index (κ1) is 17.4. The normalized spacial score (nSPS) is 22.7. The number of rotatable bonds is 7. The lowest BCUT2D eigenvalue weighted by atomic mass is 9.93. The number of hydrogen-bond acceptors (Lipinski definition) is 4. The standard InChI is InChI=1S/C15H31N3O2/c1-12(2)17-15(5,13(16)19)7-6-8-18-9-10-20-11-14(18,3)4/h12,17H,6-11H2,1-5H3,(H2,16,19). The quantitative estimate of drug-likeness (QED) is 0.735. The summed E-state index contributed by atoms with van der Waals surface area (Å²) in [6.45, 7) is 13.9. The van der Waals surface area contributed by atoms with Gasteiger partial charge in [-0.05, 0) is 54.0 Å². The van der Waals surface area contributed by atoms with Crippen molar-refractivity contribution in [1.82, 2.24) is 10.2 Å². The highest BCUT2D eigenvalue weighted by Crippen LogP contribution is 2.21. The van der Waals surface area contributed by atoms with Gasteiger partial charge < -0.3 is 15.8 Å². The molecule has 5 heteroatoms. The van der Waals surface area contributed by atoms with Crippen LogP contribution in [-0.4, -0.2) is 54.2 Å². The lowest BCUT2D eigenvalue weighted by Crippen LogP contribution is -2.56. The molecule has 0 aliphatic carbocycles. The van der Waals surface area contributed by atoms with Gasteiger partial charge in [-0.25, -0.2) is 0 Å². The highest BCUT2D eigenvalue weighted by molar-refractivity contribution is 5.84. The Morgan fingerprint density at radius 2 is 2.15 bits per heavy atom. The Bertz CT molecular complexity index is 331. The van der Waals surface area contributed by atoms with Crippen LogP contribution in [0.3, 0.4) is 0 Å². The molecular formula is C15H31N3O2. The molecular weight excluding hydrogens is 254 g/mol. The zero-order chi connectivity index (χ0) is 15.4. The van der Waals surface area contributed by atoms with Crippen LogP contribution < -0.4 is 11.1 Å². The van der Waals surface area contributed by atoms with Crippen molar-refractivity contribution in [2.75, 3.05) is 26.3 Å². The molecule has 0 bridgehead atoms. The van der Waals surface area contributed by atoms with E-state index in [9.17, 15) is 4.79 Å². The fourth-order valence-electron chi connectivity index (χ4n) is 2.83. The highest BCUT2D eigenvalue weighted by Gasteiger charge is 2.33. The summed E-state index contributed by atoms with van der Waals surface area (Å²) >= 11 is 0. The van der Waals surface area contributed by atoms with Crippen molar-refractivity contribution in [3.8, 4) is 0 Å². The topological polar surface area (TPSA) is 67.6 Å². The molecule has 1 atom stereocenters. The number of amides is 1. The van der Waals surface area contributed by atoms with Crippen molar-refractivity contribution < 1.29 is 9.53 Å². The van der Waals surface area contributed by atoms with Crippen LogP contribution in [0.15, 0.2) is 0 Å². The molecule has 0 saturated carbocycles. The minimum Gasteiger partial charge on any atom is -0.378 e. The van der Waals surface area contributed by atoms with E-state index in [1.165, 1.54) is 0 Å². The molecule has 0 aromatic carbocycles. The summed E-state index contributed by atoms with van der Waals surface area (Å²) in [4.78, 5) is 14.1. The number of morpholine rings is 1. The number of carbonyl (C=O) groups excluding carboxylic acids is 1. The fourth-order valence-corrected chi connectivity index (χ4v) is 2.83. The van der Waals surface area contributed by atoms with Crippen molar-refractivity contribution in [3.63, 3.8) is 0 Å². The molecule has 1 heterocycles. The van der Waals surface area contributed by atoms with Crippen LogP contribution in [0.4, 0.5) is 0 Å². The van der Waals surface area contributed by atoms with E-state index in [4.69, 9.17) is 10.5 Å². The van der Waals surface area contributed by atoms with E-state index in [1.54, 1.807) is 0 Å². The van der Waals surface area contributed by atoms with Gasteiger partial charge in [-0.1, -0.05) is 0 Å². The van der Waals surface area contributed by atoms with Crippen LogP contribution in [0.5, 0.6) is 0 Å². The minimum absolute atomic E-state index is 0.0762. The number of carbonyl (C=O) groups is 1. The van der Waals surface area contributed by atoms with Gasteiger partial charge in [0.1, 0.15) is 0 Å². The van der Waals surface area contributed by atoms with Gasteiger partial charge in [0, 0.05) is 18.1 Å². The molecule has 0 radical (unpaired) electrons. The van der Waals surface area contributed by atoms with Crippen molar-refractivity contribution >= 4 is 5.91 Å². The van der Waals surface area contributed by atoms with Gasteiger partial charge in [0.2, 0.25) is 5.91 Å². The van der Waals surface area contributed by atoms with Crippen LogP contribution in [0.25, 0.3) is 0 Å². The summed E-state index contributed by atoms with van der Waals surface area (Å²) in [5.41, 5.74) is 5.01. The summed E-state index contributed by atoms with van der Waals surface area (Å²) in [6, 6.07) is 0.243. The average Bonchev–Trinajstić information content (AvgIpc) is 2.30. The fraction of sp³-hybridized carbons (Fsp3) is 0.933. The second-order valence-electron chi connectivity index (χ2n) is 6.95. The molecule has 1 saturated heterocycles. The van der Waals surface area contributed by atoms with Gasteiger partial charge >= 0.3 is 0 Å². The predicted molar refractivity (Wildman–Crippen MR) is 81.6 cm³/mol. The van der Waals surface area contributed by atoms with Crippen LogP contribution in [0.2, 0.25) is 0 Å². The van der Waals surface area contributed by atoms with Crippen LogP contribution in [-0.2, 0) is 9.53 Å². The largest absolute Gasteiger partial charge is 0.378 e. The summed E-state index contributed by atoms with van der Waals surface area (Å²) < 4.78 is 5.52. The molecule has 0 aromatic rings. The lowest BCUT2D eigenvalue weighted by molar-refractivity contribution is -0.124. The molecule has 1 amide bonds. The van der Waals surface area contributed by atoms with Gasteiger partial charge in [0.05, 0.1) is 18.8 Å². The molecule has 3 N–H and O–H groups in total. The van der Waals surface area contributed by atoms with Crippen molar-refractivity contribution in [3.05, 3.63) is 0 Å². The number of primary amides is 1. The zero-order valence-corrected chi connectivity index (χ0v) is 13.7. The Balaban J connectivity index is 2.50. The van der Waals surface area contributed by atoms with E-state index in [-0.39, 0.29) is 17.5 Å². The monoisotopic (exact) mass is 285 g/mol. The molecule has 1 unspecified atom stereocenters. The van der Waals surface area contributed by atoms with E-state index in [0.29, 0.717) is 0 Å². The summed E-state index contributed by atoms with van der Waals surface area (Å²) in [5, 5.41) is 3.30. The number of nitrogens with two attached hydrogens (primary N) is 1. The molecule has 20 heavy (non-hydrogen) atoms. The maximum absolute atomic E-state index is 11.7. The molecule has 0 spiro atoms. The Morgan fingerprint density at radius 3 is 2.65 bits per heavy atom. The Kier molecular flexibility index (Phi) is 5.98. The molecule has 0 aromatic heterocycles. The molecule has 118 valence electrons. The van der Waals surface area contributed by atoms with Crippen molar-refractivity contribution in [1.29, 1.82) is 0 Å². The number of hydrogen-bond donors (Lipinski definition) is 2. The van der Waals surface area contributed by atoms with E-state index in [1.807, 2.05) is 20.8 Å². The number of ether oxygens (including phenoxy) is 1. The second kappa shape index (κ2) is 6.87. The molecule has 1 fully saturated rings. The van der Waals surface area contributed by atoms with Crippen LogP contribution >= 0.6 is 0 Å². The SMILES string of the molecule is CC(C)NC(C)(CCCN1CCOCC1(C)C)C(N)=O. The van der Waals surface area contributed by atoms with Crippen molar-refractivity contribution in [2.45, 2.75) is 64.6 Å². The summed E-state index contributed by atoms with van der Waals surface area (Å²) in [6.07, 6.45) is 1.70. The van der Waals surface area contributed by atoms with E-state index in [2.05, 4.69) is 24.1 Å². The predicted octanol–water partition coefficient (Wildman–Crippen LogP) is 1.12. The smallest absolute Gasteiger partial charge is 0.237 e. The first-order valence-electron chi connectivity index (χ1n) is 7.58. The highest BCUT2D eigenvalue weighted by atomic mass is 16.5. The average molecular weight is 285 g/mol. The molecule has 1 rings (SSSR count). The Morgan fingerprint density at radius 1 is 1.50 bits per heavy atom. The van der Waals surface area contributed by atoms with E-state index >= 15 is 0 Å². The maximum Gasteiger partial charge on any atom is 0.237 e. The van der Waals surface area contributed by atoms with Crippen molar-refractivity contribution in [2.24, 2.45) is 5.73 Å². The number of nitrogens with one attached hydrogen (secondary N) is 1. The minimum atomic E-state index is -0.620. The number of nitrogens with zero attached hydrogens (tertiary/aromatic N) is 1.